The molecule has 90 valence electrons. The van der Waals surface area contributed by atoms with Crippen molar-refractivity contribution in [1.29, 1.82) is 0 Å². The van der Waals surface area contributed by atoms with Crippen molar-refractivity contribution in [1.82, 2.24) is 14.9 Å². The zero-order valence-corrected chi connectivity index (χ0v) is 9.84. The molecular weight excluding hydrogens is 230 g/mol. The van der Waals surface area contributed by atoms with Crippen LogP contribution in [0, 0.1) is 6.92 Å². The molecule has 1 saturated carbocycles. The Bertz CT molecular complexity index is 476. The Morgan fingerprint density at radius 2 is 2.25 bits per heavy atom. The van der Waals surface area contributed by atoms with Crippen molar-refractivity contribution < 1.29 is 13.5 Å². The molecule has 0 aliphatic heterocycles. The van der Waals surface area contributed by atoms with Crippen molar-refractivity contribution in [2.24, 2.45) is 0 Å². The largest absolute Gasteiger partial charge is 0.390 e. The number of H-pyrrole nitrogens is 1. The predicted octanol–water partition coefficient (Wildman–Crippen LogP) is 0.0412. The number of hydrogen-bond donors (Lipinski definition) is 3. The number of aliphatic hydroxyl groups excluding tert-OH is 1. The average molecular weight is 245 g/mol. The number of nitrogens with one attached hydrogen (secondary N) is 2. The van der Waals surface area contributed by atoms with Gasteiger partial charge in [-0.25, -0.2) is 13.1 Å². The van der Waals surface area contributed by atoms with Crippen LogP contribution in [0.1, 0.15) is 30.7 Å². The summed E-state index contributed by atoms with van der Waals surface area (Å²) >= 11 is 0. The molecule has 1 fully saturated rings. The van der Waals surface area contributed by atoms with E-state index in [-0.39, 0.29) is 23.2 Å². The molecule has 1 aromatic heterocycles. The van der Waals surface area contributed by atoms with E-state index in [1.807, 2.05) is 0 Å². The van der Waals surface area contributed by atoms with Gasteiger partial charge in [-0.2, -0.15) is 5.10 Å². The van der Waals surface area contributed by atoms with Crippen LogP contribution in [0.2, 0.25) is 0 Å². The molecule has 1 aliphatic rings. The Kier molecular flexibility index (Phi) is 3.00. The van der Waals surface area contributed by atoms with Crippen LogP contribution >= 0.6 is 0 Å². The van der Waals surface area contributed by atoms with Gasteiger partial charge < -0.3 is 5.11 Å². The first-order chi connectivity index (χ1) is 7.54. The van der Waals surface area contributed by atoms with Gasteiger partial charge in [0, 0.05) is 6.04 Å². The van der Waals surface area contributed by atoms with E-state index in [9.17, 15) is 8.42 Å². The summed E-state index contributed by atoms with van der Waals surface area (Å²) in [6.45, 7) is 1.24. The standard InChI is InChI=1S/C9H15N3O3S/c1-6-9(8(5-13)11-10-6)16(14,15)12-7-3-2-4-7/h7,12-13H,2-5H2,1H3,(H,10,11). The molecule has 0 atom stereocenters. The highest BCUT2D eigenvalue weighted by atomic mass is 32.2. The zero-order valence-electron chi connectivity index (χ0n) is 9.02. The highest BCUT2D eigenvalue weighted by Crippen LogP contribution is 2.23. The minimum absolute atomic E-state index is 0.0332. The second-order valence-corrected chi connectivity index (χ2v) is 5.68. The minimum Gasteiger partial charge on any atom is -0.390 e. The molecule has 6 nitrogen and oxygen atoms in total. The maximum atomic E-state index is 12.0. The van der Waals surface area contributed by atoms with Crippen molar-refractivity contribution in [3.05, 3.63) is 11.4 Å². The van der Waals surface area contributed by atoms with E-state index < -0.39 is 10.0 Å². The molecule has 0 spiro atoms. The third kappa shape index (κ3) is 1.98. The van der Waals surface area contributed by atoms with Crippen LogP contribution in [0.4, 0.5) is 0 Å². The molecule has 0 amide bonds. The smallest absolute Gasteiger partial charge is 0.244 e. The first-order valence-electron chi connectivity index (χ1n) is 5.21. The summed E-state index contributed by atoms with van der Waals surface area (Å²) in [6.07, 6.45) is 2.82. The van der Waals surface area contributed by atoms with Gasteiger partial charge in [0.25, 0.3) is 0 Å². The van der Waals surface area contributed by atoms with Crippen molar-refractivity contribution in [3.8, 4) is 0 Å². The number of rotatable bonds is 4. The molecule has 3 N–H and O–H groups in total. The van der Waals surface area contributed by atoms with Gasteiger partial charge in [-0.15, -0.1) is 0 Å². The normalized spacial score (nSPS) is 17.4. The molecule has 0 unspecified atom stereocenters. The summed E-state index contributed by atoms with van der Waals surface area (Å²) in [6, 6.07) is 0.0332. The lowest BCUT2D eigenvalue weighted by Crippen LogP contribution is -2.39. The fraction of sp³-hybridized carbons (Fsp3) is 0.667. The number of aromatic nitrogens is 2. The number of aryl methyl sites for hydroxylation is 1. The van der Waals surface area contributed by atoms with E-state index in [1.165, 1.54) is 0 Å². The molecule has 1 aromatic rings. The van der Waals surface area contributed by atoms with E-state index in [4.69, 9.17) is 5.11 Å². The van der Waals surface area contributed by atoms with Crippen LogP contribution in [0.5, 0.6) is 0 Å². The highest BCUT2D eigenvalue weighted by Gasteiger charge is 2.29. The SMILES string of the molecule is Cc1[nH]nc(CO)c1S(=O)(=O)NC1CCC1. The maximum absolute atomic E-state index is 12.0. The van der Waals surface area contributed by atoms with Gasteiger partial charge in [0.1, 0.15) is 10.6 Å². The molecule has 0 bridgehead atoms. The molecule has 0 aromatic carbocycles. The minimum atomic E-state index is -3.55. The van der Waals surface area contributed by atoms with E-state index in [0.717, 1.165) is 19.3 Å². The summed E-state index contributed by atoms with van der Waals surface area (Å²) in [5.41, 5.74) is 0.625. The van der Waals surface area contributed by atoms with E-state index in [0.29, 0.717) is 5.69 Å². The molecule has 16 heavy (non-hydrogen) atoms. The first-order valence-corrected chi connectivity index (χ1v) is 6.70. The van der Waals surface area contributed by atoms with Gasteiger partial charge in [0.2, 0.25) is 10.0 Å². The number of aliphatic hydroxyl groups is 1. The van der Waals surface area contributed by atoms with Crippen LogP contribution in [0.3, 0.4) is 0 Å². The van der Waals surface area contributed by atoms with Crippen LogP contribution in [-0.4, -0.2) is 29.8 Å². The molecule has 7 heteroatoms. The first kappa shape index (κ1) is 11.6. The van der Waals surface area contributed by atoms with Crippen LogP contribution in [0.25, 0.3) is 0 Å². The van der Waals surface area contributed by atoms with Gasteiger partial charge in [-0.3, -0.25) is 5.10 Å². The van der Waals surface area contributed by atoms with Gasteiger partial charge in [-0.05, 0) is 19.8 Å². The number of sulfonamides is 1. The Labute approximate surface area is 94.1 Å². The van der Waals surface area contributed by atoms with Crippen molar-refractivity contribution in [2.45, 2.75) is 43.7 Å². The van der Waals surface area contributed by atoms with Crippen molar-refractivity contribution >= 4 is 10.0 Å². The summed E-state index contributed by atoms with van der Waals surface area (Å²) in [5.74, 6) is 0. The Hall–Kier alpha value is -0.920. The van der Waals surface area contributed by atoms with Crippen molar-refractivity contribution in [2.75, 3.05) is 0 Å². The van der Waals surface area contributed by atoms with E-state index in [1.54, 1.807) is 6.92 Å². The highest BCUT2D eigenvalue weighted by molar-refractivity contribution is 7.89. The molecule has 1 aliphatic carbocycles. The predicted molar refractivity (Wildman–Crippen MR) is 57.2 cm³/mol. The summed E-state index contributed by atoms with van der Waals surface area (Å²) in [7, 11) is -3.55. The lowest BCUT2D eigenvalue weighted by molar-refractivity contribution is 0.273. The molecule has 0 saturated heterocycles. The third-order valence-corrected chi connectivity index (χ3v) is 4.53. The lowest BCUT2D eigenvalue weighted by Gasteiger charge is -2.26. The van der Waals surface area contributed by atoms with Gasteiger partial charge >= 0.3 is 0 Å². The molecule has 0 radical (unpaired) electrons. The summed E-state index contributed by atoms with van der Waals surface area (Å²) < 4.78 is 26.6. The number of aromatic amines is 1. The maximum Gasteiger partial charge on any atom is 0.244 e. The topological polar surface area (TPSA) is 95.1 Å². The number of nitrogens with zero attached hydrogens (tertiary/aromatic N) is 1. The summed E-state index contributed by atoms with van der Waals surface area (Å²) in [5, 5.41) is 15.4. The average Bonchev–Trinajstić information content (AvgIpc) is 2.54. The van der Waals surface area contributed by atoms with Crippen molar-refractivity contribution in [3.63, 3.8) is 0 Å². The van der Waals surface area contributed by atoms with Crippen LogP contribution in [-0.2, 0) is 16.6 Å². The Morgan fingerprint density at radius 3 is 2.75 bits per heavy atom. The monoisotopic (exact) mass is 245 g/mol. The molecule has 1 heterocycles. The fourth-order valence-electron chi connectivity index (χ4n) is 1.74. The third-order valence-electron chi connectivity index (χ3n) is 2.81. The molecular formula is C9H15N3O3S. The van der Waals surface area contributed by atoms with Gasteiger partial charge in [-0.1, -0.05) is 6.42 Å². The Balaban J connectivity index is 2.30. The second-order valence-electron chi connectivity index (χ2n) is 4.03. The second kappa shape index (κ2) is 4.15. The van der Waals surface area contributed by atoms with E-state index in [2.05, 4.69) is 14.9 Å². The fourth-order valence-corrected chi connectivity index (χ4v) is 3.40. The Morgan fingerprint density at radius 1 is 1.56 bits per heavy atom. The summed E-state index contributed by atoms with van der Waals surface area (Å²) in [4.78, 5) is 0.0851. The lowest BCUT2D eigenvalue weighted by atomic mass is 9.94. The van der Waals surface area contributed by atoms with Crippen LogP contribution in [0.15, 0.2) is 4.90 Å². The van der Waals surface area contributed by atoms with Gasteiger partial charge in [0.05, 0.1) is 12.3 Å². The van der Waals surface area contributed by atoms with E-state index >= 15 is 0 Å². The quantitative estimate of drug-likeness (QED) is 0.698. The molecule has 2 rings (SSSR count). The zero-order chi connectivity index (χ0) is 11.8. The van der Waals surface area contributed by atoms with Gasteiger partial charge in [0.15, 0.2) is 0 Å². The van der Waals surface area contributed by atoms with Crippen LogP contribution < -0.4 is 4.72 Å². The number of hydrogen-bond acceptors (Lipinski definition) is 4.